The Balaban J connectivity index is 2.12. The molecule has 0 spiro atoms. The molecule has 0 saturated heterocycles. The van der Waals surface area contributed by atoms with Gasteiger partial charge in [-0.3, -0.25) is 0 Å². The van der Waals surface area contributed by atoms with Gasteiger partial charge in [0.2, 0.25) is 0 Å². The van der Waals surface area contributed by atoms with Crippen molar-refractivity contribution in [1.82, 2.24) is 0 Å². The first-order chi connectivity index (χ1) is 8.27. The molecule has 0 aliphatic rings. The minimum absolute atomic E-state index is 0.0669. The maximum Gasteiger partial charge on any atom is 0.119 e. The van der Waals surface area contributed by atoms with Gasteiger partial charge in [0.05, 0.1) is 0 Å². The van der Waals surface area contributed by atoms with E-state index < -0.39 is 0 Å². The van der Waals surface area contributed by atoms with Gasteiger partial charge < -0.3 is 9.84 Å². The van der Waals surface area contributed by atoms with E-state index in [4.69, 9.17) is 4.74 Å². The van der Waals surface area contributed by atoms with Gasteiger partial charge in [0.1, 0.15) is 18.1 Å². The number of hydrogen-bond acceptors (Lipinski definition) is 2. The Hall–Kier alpha value is -2.22. The first kappa shape index (κ1) is 11.3. The summed E-state index contributed by atoms with van der Waals surface area (Å²) in [6, 6.07) is 17.1. The summed E-state index contributed by atoms with van der Waals surface area (Å²) in [5.41, 5.74) is 1.65. The maximum atomic E-state index is 9.45. The molecule has 2 heteroatoms. The summed E-state index contributed by atoms with van der Waals surface area (Å²) in [6.45, 7) is 3.96. The van der Waals surface area contributed by atoms with Gasteiger partial charge >= 0.3 is 0 Å². The summed E-state index contributed by atoms with van der Waals surface area (Å²) < 4.78 is 5.63. The summed E-state index contributed by atoms with van der Waals surface area (Å²) in [6.07, 6.45) is 0. The van der Waals surface area contributed by atoms with Gasteiger partial charge in [-0.05, 0) is 12.1 Å². The van der Waals surface area contributed by atoms with Gasteiger partial charge in [0, 0.05) is 11.1 Å². The smallest absolute Gasteiger partial charge is 0.119 e. The van der Waals surface area contributed by atoms with Crippen molar-refractivity contribution in [3.63, 3.8) is 0 Å². The van der Waals surface area contributed by atoms with E-state index in [-0.39, 0.29) is 5.76 Å². The van der Waals surface area contributed by atoms with Crippen molar-refractivity contribution >= 4 is 5.76 Å². The standard InChI is InChI=1S/C15H14O2/c1-12(16)15-10-6-5-7-13(15)11-17-14-8-3-2-4-9-14/h2-10,16H,1,11H2. The molecule has 0 saturated carbocycles. The Morgan fingerprint density at radius 1 is 1.00 bits per heavy atom. The largest absolute Gasteiger partial charge is 0.508 e. The molecule has 2 rings (SSSR count). The monoisotopic (exact) mass is 226 g/mol. The highest BCUT2D eigenvalue weighted by Crippen LogP contribution is 2.18. The van der Waals surface area contributed by atoms with Crippen LogP contribution in [-0.4, -0.2) is 5.11 Å². The Kier molecular flexibility index (Phi) is 3.46. The molecule has 86 valence electrons. The highest BCUT2D eigenvalue weighted by atomic mass is 16.5. The van der Waals surface area contributed by atoms with Crippen molar-refractivity contribution in [2.45, 2.75) is 6.61 Å². The highest BCUT2D eigenvalue weighted by Gasteiger charge is 2.04. The fraction of sp³-hybridized carbons (Fsp3) is 0.0667. The van der Waals surface area contributed by atoms with Gasteiger partial charge in [-0.25, -0.2) is 0 Å². The van der Waals surface area contributed by atoms with Crippen molar-refractivity contribution in [1.29, 1.82) is 0 Å². The van der Waals surface area contributed by atoms with Crippen LogP contribution in [0.3, 0.4) is 0 Å². The van der Waals surface area contributed by atoms with Crippen molar-refractivity contribution in [3.8, 4) is 5.75 Å². The third kappa shape index (κ3) is 2.88. The topological polar surface area (TPSA) is 29.5 Å². The Labute approximate surface area is 101 Å². The molecule has 17 heavy (non-hydrogen) atoms. The molecule has 0 heterocycles. The van der Waals surface area contributed by atoms with Crippen molar-refractivity contribution in [3.05, 3.63) is 72.3 Å². The number of hydrogen-bond donors (Lipinski definition) is 1. The zero-order valence-corrected chi connectivity index (χ0v) is 9.47. The Bertz CT molecular complexity index is 503. The fourth-order valence-corrected chi connectivity index (χ4v) is 1.61. The van der Waals surface area contributed by atoms with Crippen LogP contribution in [0.4, 0.5) is 0 Å². The van der Waals surface area contributed by atoms with Crippen LogP contribution >= 0.6 is 0 Å². The van der Waals surface area contributed by atoms with E-state index in [9.17, 15) is 5.11 Å². The quantitative estimate of drug-likeness (QED) is 0.803. The van der Waals surface area contributed by atoms with Crippen molar-refractivity contribution in [2.75, 3.05) is 0 Å². The molecule has 0 aliphatic carbocycles. The number of rotatable bonds is 4. The molecule has 2 aromatic carbocycles. The number of benzene rings is 2. The molecule has 0 unspecified atom stereocenters. The summed E-state index contributed by atoms with van der Waals surface area (Å²) in [7, 11) is 0. The predicted molar refractivity (Wildman–Crippen MR) is 68.9 cm³/mol. The first-order valence-corrected chi connectivity index (χ1v) is 5.41. The molecule has 1 N–H and O–H groups in total. The van der Waals surface area contributed by atoms with E-state index in [2.05, 4.69) is 6.58 Å². The highest BCUT2D eigenvalue weighted by molar-refractivity contribution is 5.59. The van der Waals surface area contributed by atoms with Crippen LogP contribution in [0.1, 0.15) is 11.1 Å². The third-order valence-corrected chi connectivity index (χ3v) is 2.47. The molecule has 2 aromatic rings. The van der Waals surface area contributed by atoms with Gasteiger partial charge in [-0.1, -0.05) is 49.0 Å². The number of ether oxygens (including phenoxy) is 1. The molecule has 0 amide bonds. The van der Waals surface area contributed by atoms with E-state index in [1.165, 1.54) is 0 Å². The van der Waals surface area contributed by atoms with Crippen molar-refractivity contribution in [2.24, 2.45) is 0 Å². The summed E-state index contributed by atoms with van der Waals surface area (Å²) in [5.74, 6) is 0.878. The van der Waals surface area contributed by atoms with E-state index >= 15 is 0 Å². The van der Waals surface area contributed by atoms with Crippen LogP contribution in [0.5, 0.6) is 5.75 Å². The zero-order valence-electron chi connectivity index (χ0n) is 9.47. The zero-order chi connectivity index (χ0) is 12.1. The number of aliphatic hydroxyl groups is 1. The molecule has 0 aliphatic heterocycles. The molecular weight excluding hydrogens is 212 g/mol. The lowest BCUT2D eigenvalue weighted by Gasteiger charge is -2.09. The summed E-state index contributed by atoms with van der Waals surface area (Å²) >= 11 is 0. The van der Waals surface area contributed by atoms with Crippen LogP contribution in [0.15, 0.2) is 61.2 Å². The molecule has 2 nitrogen and oxygen atoms in total. The first-order valence-electron chi connectivity index (χ1n) is 5.41. The van der Waals surface area contributed by atoms with E-state index in [0.717, 1.165) is 16.9 Å². The average Bonchev–Trinajstić information content (AvgIpc) is 2.38. The maximum absolute atomic E-state index is 9.45. The fourth-order valence-electron chi connectivity index (χ4n) is 1.61. The molecular formula is C15H14O2. The molecule has 0 atom stereocenters. The van der Waals surface area contributed by atoms with E-state index in [1.54, 1.807) is 0 Å². The number of para-hydroxylation sites is 1. The second-order valence-electron chi connectivity index (χ2n) is 3.71. The van der Waals surface area contributed by atoms with Crippen LogP contribution in [0.25, 0.3) is 5.76 Å². The van der Waals surface area contributed by atoms with E-state index in [0.29, 0.717) is 6.61 Å². The SMILES string of the molecule is C=C(O)c1ccccc1COc1ccccc1. The van der Waals surface area contributed by atoms with E-state index in [1.807, 2.05) is 54.6 Å². The van der Waals surface area contributed by atoms with Crippen LogP contribution < -0.4 is 4.74 Å². The van der Waals surface area contributed by atoms with Crippen molar-refractivity contribution < 1.29 is 9.84 Å². The lowest BCUT2D eigenvalue weighted by molar-refractivity contribution is 0.305. The lowest BCUT2D eigenvalue weighted by atomic mass is 10.1. The normalized spacial score (nSPS) is 9.88. The van der Waals surface area contributed by atoms with Crippen LogP contribution in [0, 0.1) is 0 Å². The van der Waals surface area contributed by atoms with Crippen LogP contribution in [0.2, 0.25) is 0 Å². The second kappa shape index (κ2) is 5.21. The minimum Gasteiger partial charge on any atom is -0.508 e. The third-order valence-electron chi connectivity index (χ3n) is 2.47. The van der Waals surface area contributed by atoms with Gasteiger partial charge in [0.25, 0.3) is 0 Å². The molecule has 0 bridgehead atoms. The average molecular weight is 226 g/mol. The van der Waals surface area contributed by atoms with Gasteiger partial charge in [0.15, 0.2) is 0 Å². The predicted octanol–water partition coefficient (Wildman–Crippen LogP) is 3.79. The van der Waals surface area contributed by atoms with Gasteiger partial charge in [-0.15, -0.1) is 0 Å². The Morgan fingerprint density at radius 2 is 1.65 bits per heavy atom. The molecule has 0 radical (unpaired) electrons. The number of aliphatic hydroxyl groups excluding tert-OH is 1. The van der Waals surface area contributed by atoms with Crippen LogP contribution in [-0.2, 0) is 6.61 Å². The molecule has 0 fully saturated rings. The lowest BCUT2D eigenvalue weighted by Crippen LogP contribution is -1.99. The summed E-state index contributed by atoms with van der Waals surface area (Å²) in [5, 5.41) is 9.45. The summed E-state index contributed by atoms with van der Waals surface area (Å²) in [4.78, 5) is 0. The second-order valence-corrected chi connectivity index (χ2v) is 3.71. The molecule has 0 aromatic heterocycles. The Morgan fingerprint density at radius 3 is 2.35 bits per heavy atom. The van der Waals surface area contributed by atoms with Gasteiger partial charge in [-0.2, -0.15) is 0 Å². The minimum atomic E-state index is 0.0669.